The number of nitrogens with zero attached hydrogens (tertiary/aromatic N) is 3. The molecular formula is C9H16N4O2. The Morgan fingerprint density at radius 2 is 2.33 bits per heavy atom. The molecule has 0 aliphatic carbocycles. The summed E-state index contributed by atoms with van der Waals surface area (Å²) in [5, 5.41) is 10.7. The summed E-state index contributed by atoms with van der Waals surface area (Å²) >= 11 is 0. The van der Waals surface area contributed by atoms with Gasteiger partial charge in [0.1, 0.15) is 5.69 Å². The van der Waals surface area contributed by atoms with Crippen LogP contribution >= 0.6 is 0 Å². The van der Waals surface area contributed by atoms with Gasteiger partial charge in [-0.15, -0.1) is 0 Å². The predicted molar refractivity (Wildman–Crippen MR) is 56.5 cm³/mol. The zero-order valence-electron chi connectivity index (χ0n) is 9.17. The van der Waals surface area contributed by atoms with E-state index in [0.717, 1.165) is 6.42 Å². The molecule has 0 radical (unpaired) electrons. The Hall–Kier alpha value is -1.43. The molecule has 1 aromatic heterocycles. The SMILES string of the molecule is CCC(N)C(C)c1c([N+](=O)[O-])ncn1C. The van der Waals surface area contributed by atoms with Gasteiger partial charge in [0.05, 0.1) is 0 Å². The van der Waals surface area contributed by atoms with Crippen molar-refractivity contribution in [1.82, 2.24) is 9.55 Å². The van der Waals surface area contributed by atoms with Crippen LogP contribution in [-0.2, 0) is 7.05 Å². The standard InChI is InChI=1S/C9H16N4O2/c1-4-7(10)6(2)8-9(13(14)15)11-5-12(8)3/h5-7H,4,10H2,1-3H3. The first kappa shape index (κ1) is 11.6. The summed E-state index contributed by atoms with van der Waals surface area (Å²) in [7, 11) is 1.74. The fourth-order valence-corrected chi connectivity index (χ4v) is 1.65. The third kappa shape index (κ3) is 2.15. The summed E-state index contributed by atoms with van der Waals surface area (Å²) < 4.78 is 1.66. The highest BCUT2D eigenvalue weighted by Crippen LogP contribution is 2.27. The lowest BCUT2D eigenvalue weighted by Crippen LogP contribution is -2.27. The van der Waals surface area contributed by atoms with Crippen LogP contribution in [0.1, 0.15) is 31.9 Å². The molecular weight excluding hydrogens is 196 g/mol. The summed E-state index contributed by atoms with van der Waals surface area (Å²) in [6.07, 6.45) is 2.23. The number of hydrogen-bond donors (Lipinski definition) is 1. The van der Waals surface area contributed by atoms with Crippen molar-refractivity contribution in [3.05, 3.63) is 22.1 Å². The van der Waals surface area contributed by atoms with Gasteiger partial charge in [0.2, 0.25) is 6.33 Å². The van der Waals surface area contributed by atoms with E-state index in [4.69, 9.17) is 5.73 Å². The van der Waals surface area contributed by atoms with E-state index in [2.05, 4.69) is 4.98 Å². The van der Waals surface area contributed by atoms with E-state index in [9.17, 15) is 10.1 Å². The van der Waals surface area contributed by atoms with Crippen LogP contribution in [0.25, 0.3) is 0 Å². The molecule has 0 saturated carbocycles. The highest BCUT2D eigenvalue weighted by atomic mass is 16.6. The average Bonchev–Trinajstić information content (AvgIpc) is 2.58. The summed E-state index contributed by atoms with van der Waals surface area (Å²) in [5.41, 5.74) is 6.47. The lowest BCUT2D eigenvalue weighted by Gasteiger charge is -2.17. The largest absolute Gasteiger partial charge is 0.385 e. The number of rotatable bonds is 4. The van der Waals surface area contributed by atoms with Crippen LogP contribution in [0, 0.1) is 10.1 Å². The summed E-state index contributed by atoms with van der Waals surface area (Å²) in [6, 6.07) is -0.0842. The zero-order valence-corrected chi connectivity index (χ0v) is 9.17. The Bertz CT molecular complexity index is 361. The van der Waals surface area contributed by atoms with E-state index < -0.39 is 4.92 Å². The summed E-state index contributed by atoms with van der Waals surface area (Å²) in [4.78, 5) is 14.0. The molecule has 1 aromatic rings. The molecule has 2 unspecified atom stereocenters. The van der Waals surface area contributed by atoms with Crippen molar-refractivity contribution in [3.63, 3.8) is 0 Å². The first-order valence-corrected chi connectivity index (χ1v) is 4.90. The van der Waals surface area contributed by atoms with Gasteiger partial charge < -0.3 is 20.4 Å². The van der Waals surface area contributed by atoms with E-state index in [1.807, 2.05) is 13.8 Å². The van der Waals surface area contributed by atoms with Crippen molar-refractivity contribution in [2.24, 2.45) is 12.8 Å². The molecule has 0 saturated heterocycles. The molecule has 0 aromatic carbocycles. The quantitative estimate of drug-likeness (QED) is 0.599. The number of hydrogen-bond acceptors (Lipinski definition) is 4. The maximum Gasteiger partial charge on any atom is 0.385 e. The molecule has 0 spiro atoms. The van der Waals surface area contributed by atoms with Gasteiger partial charge >= 0.3 is 5.82 Å². The second-order valence-corrected chi connectivity index (χ2v) is 3.68. The van der Waals surface area contributed by atoms with E-state index in [1.165, 1.54) is 6.33 Å². The number of imidazole rings is 1. The molecule has 2 N–H and O–H groups in total. The Morgan fingerprint density at radius 1 is 1.73 bits per heavy atom. The lowest BCUT2D eigenvalue weighted by atomic mass is 9.97. The van der Waals surface area contributed by atoms with Crippen molar-refractivity contribution < 1.29 is 4.92 Å². The molecule has 1 rings (SSSR count). The Balaban J connectivity index is 3.11. The zero-order chi connectivity index (χ0) is 11.6. The molecule has 2 atom stereocenters. The molecule has 0 amide bonds. The highest BCUT2D eigenvalue weighted by molar-refractivity contribution is 5.31. The maximum absolute atomic E-state index is 10.7. The van der Waals surface area contributed by atoms with Crippen molar-refractivity contribution in [2.45, 2.75) is 32.2 Å². The molecule has 6 nitrogen and oxygen atoms in total. The number of aryl methyl sites for hydroxylation is 1. The molecule has 0 fully saturated rings. The first-order valence-electron chi connectivity index (χ1n) is 4.90. The van der Waals surface area contributed by atoms with Crippen LogP contribution in [0.5, 0.6) is 0 Å². The third-order valence-corrected chi connectivity index (χ3v) is 2.68. The molecule has 6 heteroatoms. The van der Waals surface area contributed by atoms with E-state index in [-0.39, 0.29) is 17.8 Å². The van der Waals surface area contributed by atoms with Crippen LogP contribution in [0.15, 0.2) is 6.33 Å². The Morgan fingerprint density at radius 3 is 2.80 bits per heavy atom. The van der Waals surface area contributed by atoms with Crippen molar-refractivity contribution in [1.29, 1.82) is 0 Å². The topological polar surface area (TPSA) is 87.0 Å². The van der Waals surface area contributed by atoms with Crippen LogP contribution in [0.2, 0.25) is 0 Å². The van der Waals surface area contributed by atoms with Crippen molar-refractivity contribution >= 4 is 5.82 Å². The van der Waals surface area contributed by atoms with Crippen LogP contribution in [-0.4, -0.2) is 20.5 Å². The second-order valence-electron chi connectivity index (χ2n) is 3.68. The van der Waals surface area contributed by atoms with Gasteiger partial charge in [-0.2, -0.15) is 0 Å². The van der Waals surface area contributed by atoms with E-state index in [1.54, 1.807) is 11.6 Å². The minimum absolute atomic E-state index is 0.0668. The van der Waals surface area contributed by atoms with Gasteiger partial charge in [-0.1, -0.05) is 13.8 Å². The molecule has 0 bridgehead atoms. The molecule has 84 valence electrons. The average molecular weight is 212 g/mol. The van der Waals surface area contributed by atoms with Crippen LogP contribution in [0.3, 0.4) is 0 Å². The van der Waals surface area contributed by atoms with E-state index >= 15 is 0 Å². The highest BCUT2D eigenvalue weighted by Gasteiger charge is 2.27. The van der Waals surface area contributed by atoms with Crippen molar-refractivity contribution in [3.8, 4) is 0 Å². The smallest absolute Gasteiger partial charge is 0.358 e. The summed E-state index contributed by atoms with van der Waals surface area (Å²) in [6.45, 7) is 3.85. The normalized spacial score (nSPS) is 14.9. The molecule has 1 heterocycles. The van der Waals surface area contributed by atoms with Gasteiger partial charge in [-0.25, -0.2) is 0 Å². The number of nitrogens with two attached hydrogens (primary N) is 1. The molecule has 0 aliphatic heterocycles. The third-order valence-electron chi connectivity index (χ3n) is 2.68. The van der Waals surface area contributed by atoms with Gasteiger partial charge in [0.25, 0.3) is 0 Å². The Labute approximate surface area is 88.3 Å². The fraction of sp³-hybridized carbons (Fsp3) is 0.667. The second kappa shape index (κ2) is 4.39. The van der Waals surface area contributed by atoms with Crippen LogP contribution in [0.4, 0.5) is 5.82 Å². The molecule has 15 heavy (non-hydrogen) atoms. The lowest BCUT2D eigenvalue weighted by molar-refractivity contribution is -0.390. The number of nitro groups is 1. The molecule has 0 aliphatic rings. The minimum Gasteiger partial charge on any atom is -0.358 e. The van der Waals surface area contributed by atoms with Crippen molar-refractivity contribution in [2.75, 3.05) is 0 Å². The van der Waals surface area contributed by atoms with Gasteiger partial charge in [-0.3, -0.25) is 0 Å². The number of aromatic nitrogens is 2. The van der Waals surface area contributed by atoms with Gasteiger partial charge in [0.15, 0.2) is 0 Å². The Kier molecular flexibility index (Phi) is 3.41. The first-order chi connectivity index (χ1) is 6.99. The fourth-order valence-electron chi connectivity index (χ4n) is 1.65. The monoisotopic (exact) mass is 212 g/mol. The van der Waals surface area contributed by atoms with E-state index in [0.29, 0.717) is 5.69 Å². The van der Waals surface area contributed by atoms with Gasteiger partial charge in [-0.05, 0) is 16.3 Å². The predicted octanol–water partition coefficient (Wildman–Crippen LogP) is 1.17. The van der Waals surface area contributed by atoms with Gasteiger partial charge in [0, 0.05) is 19.0 Å². The van der Waals surface area contributed by atoms with Crippen LogP contribution < -0.4 is 5.73 Å². The maximum atomic E-state index is 10.7. The minimum atomic E-state index is -0.464. The summed E-state index contributed by atoms with van der Waals surface area (Å²) in [5.74, 6) is -0.156.